The van der Waals surface area contributed by atoms with E-state index in [4.69, 9.17) is 10.8 Å². The molecule has 1 aromatic heterocycles. The molecule has 2 unspecified atom stereocenters. The summed E-state index contributed by atoms with van der Waals surface area (Å²) in [6, 6.07) is 3.38. The lowest BCUT2D eigenvalue weighted by Gasteiger charge is -2.37. The third kappa shape index (κ3) is 3.07. The maximum absolute atomic E-state index is 5.95. The molecule has 4 nitrogen and oxygen atoms in total. The van der Waals surface area contributed by atoms with E-state index in [9.17, 15) is 0 Å². The topological polar surface area (TPSA) is 47.1 Å². The Hall–Kier alpha value is -0.870. The average molecular weight is 276 g/mol. The Morgan fingerprint density at radius 2 is 2.10 bits per heavy atom. The molecule has 2 heterocycles. The summed E-state index contributed by atoms with van der Waals surface area (Å²) >= 11 is 0. The molecule has 0 amide bonds. The van der Waals surface area contributed by atoms with Crippen LogP contribution in [0.2, 0.25) is 0 Å². The summed E-state index contributed by atoms with van der Waals surface area (Å²) in [5, 5.41) is 4.81. The number of likely N-dealkylation sites (tertiary alicyclic amines) is 1. The molecule has 112 valence electrons. The Morgan fingerprint density at radius 1 is 1.30 bits per heavy atom. The fourth-order valence-electron chi connectivity index (χ4n) is 3.80. The molecule has 0 radical (unpaired) electrons. The predicted octanol–water partition coefficient (Wildman–Crippen LogP) is 2.56. The second-order valence-electron chi connectivity index (χ2n) is 6.71. The van der Waals surface area contributed by atoms with E-state index in [1.165, 1.54) is 50.8 Å². The van der Waals surface area contributed by atoms with Gasteiger partial charge >= 0.3 is 0 Å². The second-order valence-corrected chi connectivity index (χ2v) is 6.71. The van der Waals surface area contributed by atoms with Gasteiger partial charge in [-0.15, -0.1) is 0 Å². The van der Waals surface area contributed by atoms with Gasteiger partial charge in [0.2, 0.25) is 0 Å². The Labute approximate surface area is 122 Å². The smallest absolute Gasteiger partial charge is 0.0765 e. The number of hydrogen-bond donors (Lipinski definition) is 1. The number of nitrogens with zero attached hydrogens (tertiary/aromatic N) is 3. The Bertz CT molecular complexity index is 422. The van der Waals surface area contributed by atoms with Crippen LogP contribution in [0.4, 0.5) is 0 Å². The molecule has 0 spiro atoms. The van der Waals surface area contributed by atoms with E-state index in [-0.39, 0.29) is 0 Å². The molecule has 1 aliphatic carbocycles. The summed E-state index contributed by atoms with van der Waals surface area (Å²) in [4.78, 5) is 2.53. The molecular weight excluding hydrogens is 248 g/mol. The van der Waals surface area contributed by atoms with Gasteiger partial charge in [0.25, 0.3) is 0 Å². The van der Waals surface area contributed by atoms with Crippen LogP contribution in [0.5, 0.6) is 0 Å². The molecule has 1 saturated heterocycles. The lowest BCUT2D eigenvalue weighted by molar-refractivity contribution is 0.113. The molecule has 1 aromatic rings. The molecule has 0 aromatic carbocycles. The number of hydrogen-bond acceptors (Lipinski definition) is 3. The van der Waals surface area contributed by atoms with Crippen molar-refractivity contribution in [3.8, 4) is 0 Å². The predicted molar refractivity (Wildman–Crippen MR) is 81.4 cm³/mol. The first-order valence-corrected chi connectivity index (χ1v) is 8.24. The van der Waals surface area contributed by atoms with Crippen LogP contribution in [-0.4, -0.2) is 33.8 Å². The molecule has 3 rings (SSSR count). The minimum Gasteiger partial charge on any atom is -0.329 e. The van der Waals surface area contributed by atoms with E-state index in [1.807, 2.05) is 0 Å². The van der Waals surface area contributed by atoms with E-state index in [2.05, 4.69) is 28.8 Å². The monoisotopic (exact) mass is 276 g/mol. The van der Waals surface area contributed by atoms with Crippen LogP contribution >= 0.6 is 0 Å². The van der Waals surface area contributed by atoms with Crippen LogP contribution in [0, 0.1) is 5.92 Å². The minimum absolute atomic E-state index is 0.537. The van der Waals surface area contributed by atoms with E-state index in [0.717, 1.165) is 19.0 Å². The fraction of sp³-hybridized carbons (Fsp3) is 0.812. The van der Waals surface area contributed by atoms with Crippen molar-refractivity contribution in [2.24, 2.45) is 11.7 Å². The zero-order valence-electron chi connectivity index (χ0n) is 12.7. The van der Waals surface area contributed by atoms with Crippen LogP contribution in [0.3, 0.4) is 0 Å². The van der Waals surface area contributed by atoms with Gasteiger partial charge in [0, 0.05) is 25.3 Å². The normalized spacial score (nSPS) is 29.1. The van der Waals surface area contributed by atoms with Crippen molar-refractivity contribution < 1.29 is 0 Å². The summed E-state index contributed by atoms with van der Waals surface area (Å²) in [5.74, 6) is 0.816. The largest absolute Gasteiger partial charge is 0.329 e. The third-order valence-corrected chi connectivity index (χ3v) is 5.10. The maximum atomic E-state index is 5.95. The van der Waals surface area contributed by atoms with Crippen LogP contribution in [-0.2, 0) is 6.54 Å². The highest BCUT2D eigenvalue weighted by Crippen LogP contribution is 2.29. The molecule has 20 heavy (non-hydrogen) atoms. The van der Waals surface area contributed by atoms with E-state index >= 15 is 0 Å². The van der Waals surface area contributed by atoms with Crippen molar-refractivity contribution in [2.45, 2.75) is 64.1 Å². The Balaban J connectivity index is 1.62. The van der Waals surface area contributed by atoms with E-state index in [0.29, 0.717) is 12.1 Å². The second kappa shape index (κ2) is 6.27. The van der Waals surface area contributed by atoms with E-state index in [1.54, 1.807) is 0 Å². The number of nitrogens with two attached hydrogens (primary N) is 1. The van der Waals surface area contributed by atoms with Gasteiger partial charge in [-0.3, -0.25) is 9.58 Å². The van der Waals surface area contributed by atoms with Gasteiger partial charge in [0.05, 0.1) is 11.7 Å². The highest BCUT2D eigenvalue weighted by atomic mass is 15.3. The lowest BCUT2D eigenvalue weighted by Crippen LogP contribution is -2.45. The molecule has 2 N–H and O–H groups in total. The minimum atomic E-state index is 0.537. The van der Waals surface area contributed by atoms with Crippen LogP contribution in [0.25, 0.3) is 0 Å². The maximum Gasteiger partial charge on any atom is 0.0765 e. The van der Waals surface area contributed by atoms with Gasteiger partial charge in [0.1, 0.15) is 0 Å². The van der Waals surface area contributed by atoms with E-state index < -0.39 is 0 Å². The lowest BCUT2D eigenvalue weighted by atomic mass is 9.92. The molecule has 2 atom stereocenters. The first-order valence-electron chi connectivity index (χ1n) is 8.24. The highest BCUT2D eigenvalue weighted by Gasteiger charge is 2.26. The van der Waals surface area contributed by atoms with Gasteiger partial charge in [-0.25, -0.2) is 0 Å². The quantitative estimate of drug-likeness (QED) is 0.919. The van der Waals surface area contributed by atoms with Gasteiger partial charge in [0.15, 0.2) is 0 Å². The highest BCUT2D eigenvalue weighted by molar-refractivity contribution is 5.01. The molecule has 1 aliphatic heterocycles. The zero-order chi connectivity index (χ0) is 13.9. The fourth-order valence-corrected chi connectivity index (χ4v) is 3.80. The van der Waals surface area contributed by atoms with Crippen molar-refractivity contribution in [1.29, 1.82) is 0 Å². The Kier molecular flexibility index (Phi) is 4.41. The number of rotatable bonds is 4. The molecule has 1 saturated carbocycles. The summed E-state index contributed by atoms with van der Waals surface area (Å²) < 4.78 is 2.20. The Morgan fingerprint density at radius 3 is 2.85 bits per heavy atom. The van der Waals surface area contributed by atoms with Gasteiger partial charge in [-0.2, -0.15) is 5.10 Å². The van der Waals surface area contributed by atoms with Gasteiger partial charge < -0.3 is 5.73 Å². The zero-order valence-corrected chi connectivity index (χ0v) is 12.7. The standard InChI is InChI=1S/C16H28N4/c1-13-6-8-19(16(10-13)11-17)12-14-7-9-20(18-14)15-4-2-3-5-15/h7,9,13,15-16H,2-6,8,10-12,17H2,1H3. The first-order chi connectivity index (χ1) is 9.76. The van der Waals surface area contributed by atoms with Crippen molar-refractivity contribution in [3.05, 3.63) is 18.0 Å². The van der Waals surface area contributed by atoms with Crippen molar-refractivity contribution in [1.82, 2.24) is 14.7 Å². The average Bonchev–Trinajstić information content (AvgIpc) is 3.11. The van der Waals surface area contributed by atoms with Crippen molar-refractivity contribution in [3.63, 3.8) is 0 Å². The molecule has 2 aliphatic rings. The van der Waals surface area contributed by atoms with Gasteiger partial charge in [-0.05, 0) is 44.2 Å². The van der Waals surface area contributed by atoms with Gasteiger partial charge in [-0.1, -0.05) is 19.8 Å². The van der Waals surface area contributed by atoms with Crippen molar-refractivity contribution >= 4 is 0 Å². The summed E-state index contributed by atoms with van der Waals surface area (Å²) in [6.07, 6.45) is 10.0. The van der Waals surface area contributed by atoms with Crippen LogP contribution in [0.15, 0.2) is 12.3 Å². The molecule has 4 heteroatoms. The van der Waals surface area contributed by atoms with Crippen LogP contribution in [0.1, 0.15) is 57.2 Å². The summed E-state index contributed by atoms with van der Waals surface area (Å²) in [7, 11) is 0. The number of piperidine rings is 1. The van der Waals surface area contributed by atoms with Crippen molar-refractivity contribution in [2.75, 3.05) is 13.1 Å². The summed E-state index contributed by atoms with van der Waals surface area (Å²) in [5.41, 5.74) is 7.16. The summed E-state index contributed by atoms with van der Waals surface area (Å²) in [6.45, 7) is 5.25. The number of aromatic nitrogens is 2. The van der Waals surface area contributed by atoms with Crippen LogP contribution < -0.4 is 5.73 Å². The third-order valence-electron chi connectivity index (χ3n) is 5.10. The first kappa shape index (κ1) is 14.1. The molecule has 0 bridgehead atoms. The molecular formula is C16H28N4. The SMILES string of the molecule is CC1CCN(Cc2ccn(C3CCCC3)n2)C(CN)C1. The molecule has 2 fully saturated rings.